The van der Waals surface area contributed by atoms with Gasteiger partial charge in [-0.2, -0.15) is 0 Å². The van der Waals surface area contributed by atoms with Gasteiger partial charge in [0.1, 0.15) is 0 Å². The fraction of sp³-hybridized carbons (Fsp3) is 0.0625. The van der Waals surface area contributed by atoms with Crippen LogP contribution in [0, 0.1) is 6.42 Å². The van der Waals surface area contributed by atoms with Gasteiger partial charge in [0.05, 0.1) is 0 Å². The molecule has 0 spiro atoms. The summed E-state index contributed by atoms with van der Waals surface area (Å²) in [4.78, 5) is 0. The number of allylic oxidation sites excluding steroid dienone is 4. The van der Waals surface area contributed by atoms with Gasteiger partial charge in [0.15, 0.2) is 0 Å². The molecule has 2 heteroatoms. The van der Waals surface area contributed by atoms with E-state index in [4.69, 9.17) is 23.2 Å². The van der Waals surface area contributed by atoms with Gasteiger partial charge in [0.2, 0.25) is 0 Å². The van der Waals surface area contributed by atoms with Crippen LogP contribution in [0.3, 0.4) is 0 Å². The van der Waals surface area contributed by atoms with E-state index in [-0.39, 0.29) is 0 Å². The Balaban J connectivity index is 2.17. The van der Waals surface area contributed by atoms with Gasteiger partial charge in [-0.25, -0.2) is 0 Å². The lowest BCUT2D eigenvalue weighted by Crippen LogP contribution is -1.94. The fourth-order valence-corrected chi connectivity index (χ4v) is 2.85. The van der Waals surface area contributed by atoms with Gasteiger partial charge in [0.25, 0.3) is 0 Å². The molecule has 89 valence electrons. The first kappa shape index (κ1) is 11.8. The molecular formula is C16H11Cl2. The lowest BCUT2D eigenvalue weighted by atomic mass is 9.96. The van der Waals surface area contributed by atoms with Crippen LogP contribution in [0.2, 0.25) is 0 Å². The van der Waals surface area contributed by atoms with Crippen molar-refractivity contribution < 1.29 is 0 Å². The first-order chi connectivity index (χ1) is 8.75. The molecule has 2 aromatic carbocycles. The van der Waals surface area contributed by atoms with Crippen LogP contribution in [0.4, 0.5) is 0 Å². The third kappa shape index (κ3) is 2.07. The van der Waals surface area contributed by atoms with Crippen molar-refractivity contribution in [2.75, 3.05) is 0 Å². The summed E-state index contributed by atoms with van der Waals surface area (Å²) < 4.78 is 0. The maximum atomic E-state index is 6.26. The Bertz CT molecular complexity index is 666. The van der Waals surface area contributed by atoms with Crippen molar-refractivity contribution >= 4 is 39.5 Å². The van der Waals surface area contributed by atoms with Gasteiger partial charge in [-0.15, -0.1) is 0 Å². The van der Waals surface area contributed by atoms with Crippen LogP contribution in [-0.2, 0) is 0 Å². The number of fused-ring (bicyclic) bond motifs is 1. The Hall–Kier alpha value is -1.24. The van der Waals surface area contributed by atoms with Crippen LogP contribution in [0.15, 0.2) is 58.6 Å². The largest absolute Gasteiger partial charge is 0.0881 e. The van der Waals surface area contributed by atoms with Crippen LogP contribution >= 0.6 is 23.2 Å². The Morgan fingerprint density at radius 1 is 0.889 bits per heavy atom. The molecule has 3 rings (SSSR count). The topological polar surface area (TPSA) is 0 Å². The van der Waals surface area contributed by atoms with E-state index in [0.717, 1.165) is 27.6 Å². The molecule has 0 fully saturated rings. The van der Waals surface area contributed by atoms with E-state index >= 15 is 0 Å². The number of hydrogen-bond acceptors (Lipinski definition) is 0. The zero-order valence-corrected chi connectivity index (χ0v) is 11.2. The predicted octanol–water partition coefficient (Wildman–Crippen LogP) is 5.52. The smallest absolute Gasteiger partial charge is 0.0456 e. The highest BCUT2D eigenvalue weighted by Crippen LogP contribution is 2.37. The van der Waals surface area contributed by atoms with Crippen LogP contribution in [-0.4, -0.2) is 0 Å². The van der Waals surface area contributed by atoms with E-state index in [2.05, 4.69) is 30.3 Å². The molecule has 0 bridgehead atoms. The highest BCUT2D eigenvalue weighted by Gasteiger charge is 2.15. The molecule has 0 nitrogen and oxygen atoms in total. The summed E-state index contributed by atoms with van der Waals surface area (Å²) in [6.45, 7) is 0. The summed E-state index contributed by atoms with van der Waals surface area (Å²) in [5, 5.41) is 3.88. The number of hydrogen-bond donors (Lipinski definition) is 0. The van der Waals surface area contributed by atoms with Gasteiger partial charge >= 0.3 is 0 Å². The monoisotopic (exact) mass is 273 g/mol. The average Bonchev–Trinajstić information content (AvgIpc) is 2.38. The summed E-state index contributed by atoms with van der Waals surface area (Å²) in [5.41, 5.74) is 1.99. The van der Waals surface area contributed by atoms with E-state index in [9.17, 15) is 0 Å². The van der Waals surface area contributed by atoms with Crippen molar-refractivity contribution in [2.24, 2.45) is 0 Å². The minimum absolute atomic E-state index is 0.734. The van der Waals surface area contributed by atoms with E-state index in [1.54, 1.807) is 0 Å². The van der Waals surface area contributed by atoms with Gasteiger partial charge in [-0.05, 0) is 28.8 Å². The first-order valence-corrected chi connectivity index (χ1v) is 6.59. The molecule has 0 N–H and O–H groups in total. The Labute approximate surface area is 117 Å². The number of rotatable bonds is 1. The maximum absolute atomic E-state index is 6.26. The molecule has 0 heterocycles. The molecule has 1 radical (unpaired) electrons. The van der Waals surface area contributed by atoms with Crippen molar-refractivity contribution in [1.82, 2.24) is 0 Å². The maximum Gasteiger partial charge on any atom is 0.0456 e. The molecule has 0 unspecified atom stereocenters. The van der Waals surface area contributed by atoms with Crippen molar-refractivity contribution in [1.29, 1.82) is 0 Å². The molecule has 2 aromatic rings. The molecule has 1 aliphatic carbocycles. The number of halogens is 2. The second-order valence-electron chi connectivity index (χ2n) is 4.28. The van der Waals surface area contributed by atoms with E-state index in [1.807, 2.05) is 24.6 Å². The summed E-state index contributed by atoms with van der Waals surface area (Å²) >= 11 is 12.5. The zero-order valence-electron chi connectivity index (χ0n) is 9.66. The summed E-state index contributed by atoms with van der Waals surface area (Å²) in [5.74, 6) is 0. The Kier molecular flexibility index (Phi) is 3.15. The Morgan fingerprint density at radius 2 is 1.67 bits per heavy atom. The lowest BCUT2D eigenvalue weighted by molar-refractivity contribution is 1.24. The quantitative estimate of drug-likeness (QED) is 0.642. The lowest BCUT2D eigenvalue weighted by Gasteiger charge is -2.15. The third-order valence-corrected chi connectivity index (χ3v) is 3.80. The molecule has 0 aromatic heterocycles. The molecule has 1 aliphatic rings. The minimum atomic E-state index is 0.734. The molecule has 0 atom stereocenters. The van der Waals surface area contributed by atoms with E-state index < -0.39 is 0 Å². The van der Waals surface area contributed by atoms with Gasteiger partial charge in [-0.1, -0.05) is 65.7 Å². The highest BCUT2D eigenvalue weighted by atomic mass is 35.5. The second-order valence-corrected chi connectivity index (χ2v) is 5.09. The van der Waals surface area contributed by atoms with Gasteiger partial charge in [0, 0.05) is 22.1 Å². The minimum Gasteiger partial charge on any atom is -0.0881 e. The van der Waals surface area contributed by atoms with Crippen LogP contribution in [0.5, 0.6) is 0 Å². The molecule has 0 saturated carbocycles. The van der Waals surface area contributed by atoms with Gasteiger partial charge in [-0.3, -0.25) is 0 Å². The molecule has 0 aliphatic heterocycles. The third-order valence-electron chi connectivity index (χ3n) is 3.11. The first-order valence-electron chi connectivity index (χ1n) is 5.84. The van der Waals surface area contributed by atoms with E-state index in [0.29, 0.717) is 0 Å². The summed E-state index contributed by atoms with van der Waals surface area (Å²) in [6, 6.07) is 14.6. The Morgan fingerprint density at radius 3 is 2.44 bits per heavy atom. The second kappa shape index (κ2) is 4.79. The highest BCUT2D eigenvalue weighted by molar-refractivity contribution is 6.43. The summed E-state index contributed by atoms with van der Waals surface area (Å²) in [6.07, 6.45) is 4.77. The van der Waals surface area contributed by atoms with Crippen molar-refractivity contribution in [3.63, 3.8) is 0 Å². The molecule has 18 heavy (non-hydrogen) atoms. The standard InChI is InChI=1S/C16H11Cl2/c17-14-6-3-7-15(18)16(14)13-9-8-11-4-1-2-5-12(11)10-13/h1-2,4-10H,3H2. The summed E-state index contributed by atoms with van der Waals surface area (Å²) in [7, 11) is 0. The molecule has 0 amide bonds. The predicted molar refractivity (Wildman–Crippen MR) is 79.6 cm³/mol. The van der Waals surface area contributed by atoms with Crippen LogP contribution < -0.4 is 0 Å². The van der Waals surface area contributed by atoms with Crippen LogP contribution in [0.25, 0.3) is 16.3 Å². The molecule has 0 saturated heterocycles. The van der Waals surface area contributed by atoms with E-state index in [1.165, 1.54) is 10.8 Å². The molecular weight excluding hydrogens is 263 g/mol. The van der Waals surface area contributed by atoms with Gasteiger partial charge < -0.3 is 0 Å². The normalized spacial score (nSPS) is 16.0. The average molecular weight is 274 g/mol. The SMILES string of the molecule is ClC1=CC[CH]C(Cl)=C1c1ccc2ccccc2c1. The fourth-order valence-electron chi connectivity index (χ4n) is 2.20. The van der Waals surface area contributed by atoms with Crippen LogP contribution in [0.1, 0.15) is 12.0 Å². The zero-order chi connectivity index (χ0) is 12.5. The van der Waals surface area contributed by atoms with Crippen molar-refractivity contribution in [3.05, 3.63) is 70.6 Å². The van der Waals surface area contributed by atoms with Crippen molar-refractivity contribution in [2.45, 2.75) is 6.42 Å². The van der Waals surface area contributed by atoms with Crippen molar-refractivity contribution in [3.8, 4) is 0 Å². The number of benzene rings is 2.